The number of hydrogen-bond donors (Lipinski definition) is 1. The van der Waals surface area contributed by atoms with Crippen LogP contribution >= 0.6 is 0 Å². The fraction of sp³-hybridized carbons (Fsp3) is 0.480. The van der Waals surface area contributed by atoms with Gasteiger partial charge >= 0.3 is 0 Å². The number of ether oxygens (including phenoxy) is 4. The third-order valence-electron chi connectivity index (χ3n) is 6.93. The zero-order valence-corrected chi connectivity index (χ0v) is 20.1. The summed E-state index contributed by atoms with van der Waals surface area (Å²) >= 11 is 0. The van der Waals surface area contributed by atoms with Crippen LogP contribution in [-0.2, 0) is 9.47 Å². The minimum absolute atomic E-state index is 0.105. The number of aromatic nitrogens is 3. The SMILES string of the molecule is COc1cc(OC)c(F)c(-c2cc3cnc(N[C@H]4CCCOC4)nc3c(N3CC4CC(C3)O4)n2)c1F. The van der Waals surface area contributed by atoms with E-state index in [9.17, 15) is 0 Å². The number of halogens is 2. The van der Waals surface area contributed by atoms with Crippen molar-refractivity contribution < 1.29 is 27.7 Å². The minimum atomic E-state index is -0.852. The molecule has 190 valence electrons. The van der Waals surface area contributed by atoms with E-state index in [1.54, 1.807) is 12.3 Å². The number of piperidine rings is 1. The summed E-state index contributed by atoms with van der Waals surface area (Å²) in [5, 5.41) is 3.96. The first-order chi connectivity index (χ1) is 17.5. The lowest BCUT2D eigenvalue weighted by atomic mass is 9.98. The molecule has 4 aliphatic rings. The maximum atomic E-state index is 15.4. The van der Waals surface area contributed by atoms with Gasteiger partial charge in [0.15, 0.2) is 29.0 Å². The Hall–Kier alpha value is -3.31. The van der Waals surface area contributed by atoms with Crippen LogP contribution in [0.3, 0.4) is 0 Å². The first-order valence-corrected chi connectivity index (χ1v) is 12.1. The highest BCUT2D eigenvalue weighted by Gasteiger charge is 2.39. The van der Waals surface area contributed by atoms with Gasteiger partial charge in [-0.15, -0.1) is 0 Å². The Balaban J connectivity index is 1.48. The van der Waals surface area contributed by atoms with Crippen LogP contribution in [0.1, 0.15) is 19.3 Å². The number of morpholine rings is 1. The summed E-state index contributed by atoms with van der Waals surface area (Å²) in [4.78, 5) is 16.1. The molecule has 11 heteroatoms. The van der Waals surface area contributed by atoms with Crippen LogP contribution in [0, 0.1) is 11.6 Å². The lowest BCUT2D eigenvalue weighted by molar-refractivity contribution is -0.133. The van der Waals surface area contributed by atoms with Gasteiger partial charge in [-0.3, -0.25) is 0 Å². The van der Waals surface area contributed by atoms with Gasteiger partial charge in [0, 0.05) is 43.8 Å². The molecule has 0 amide bonds. The van der Waals surface area contributed by atoms with Crippen LogP contribution in [0.15, 0.2) is 18.3 Å². The first-order valence-electron chi connectivity index (χ1n) is 12.1. The van der Waals surface area contributed by atoms with E-state index in [1.165, 1.54) is 20.3 Å². The Labute approximate surface area is 206 Å². The first kappa shape index (κ1) is 23.1. The van der Waals surface area contributed by atoms with Crippen LogP contribution < -0.4 is 19.7 Å². The van der Waals surface area contributed by atoms with Gasteiger partial charge in [0.2, 0.25) is 5.95 Å². The van der Waals surface area contributed by atoms with E-state index < -0.39 is 11.6 Å². The summed E-state index contributed by atoms with van der Waals surface area (Å²) in [5.41, 5.74) is 0.383. The van der Waals surface area contributed by atoms with E-state index in [-0.39, 0.29) is 41.0 Å². The van der Waals surface area contributed by atoms with E-state index in [2.05, 4.69) is 15.2 Å². The molecule has 2 bridgehead atoms. The van der Waals surface area contributed by atoms with E-state index in [0.717, 1.165) is 25.9 Å². The van der Waals surface area contributed by atoms with E-state index >= 15 is 8.78 Å². The zero-order chi connectivity index (χ0) is 24.8. The van der Waals surface area contributed by atoms with Crippen molar-refractivity contribution in [3.05, 3.63) is 30.0 Å². The van der Waals surface area contributed by atoms with Crippen molar-refractivity contribution in [3.8, 4) is 22.8 Å². The number of rotatable bonds is 6. The molecule has 2 aromatic heterocycles. The zero-order valence-electron chi connectivity index (χ0n) is 20.1. The molecule has 4 aliphatic heterocycles. The normalized spacial score (nSPS) is 23.3. The van der Waals surface area contributed by atoms with Crippen molar-refractivity contribution >= 4 is 22.7 Å². The van der Waals surface area contributed by atoms with Crippen molar-refractivity contribution in [2.24, 2.45) is 0 Å². The van der Waals surface area contributed by atoms with Gasteiger partial charge in [-0.25, -0.2) is 23.7 Å². The molecule has 0 aliphatic carbocycles. The van der Waals surface area contributed by atoms with Crippen LogP contribution in [-0.4, -0.2) is 73.7 Å². The molecule has 4 fully saturated rings. The summed E-state index contributed by atoms with van der Waals surface area (Å²) in [7, 11) is 2.64. The van der Waals surface area contributed by atoms with E-state index in [0.29, 0.717) is 42.4 Å². The molecule has 36 heavy (non-hydrogen) atoms. The molecule has 6 heterocycles. The van der Waals surface area contributed by atoms with Gasteiger partial charge in [-0.2, -0.15) is 0 Å². The number of nitrogens with zero attached hydrogens (tertiary/aromatic N) is 4. The quantitative estimate of drug-likeness (QED) is 0.547. The largest absolute Gasteiger partial charge is 0.494 e. The van der Waals surface area contributed by atoms with Gasteiger partial charge in [0.25, 0.3) is 0 Å². The average molecular weight is 500 g/mol. The molecule has 9 nitrogen and oxygen atoms in total. The van der Waals surface area contributed by atoms with E-state index in [4.69, 9.17) is 28.9 Å². The summed E-state index contributed by atoms with van der Waals surface area (Å²) in [6.45, 7) is 2.60. The molecule has 3 atom stereocenters. The predicted octanol–water partition coefficient (Wildman–Crippen LogP) is 3.56. The molecule has 0 radical (unpaired) electrons. The fourth-order valence-electron chi connectivity index (χ4n) is 5.12. The average Bonchev–Trinajstić information content (AvgIpc) is 2.89. The number of hydrogen-bond acceptors (Lipinski definition) is 9. The van der Waals surface area contributed by atoms with Gasteiger partial charge in [-0.05, 0) is 18.9 Å². The van der Waals surface area contributed by atoms with E-state index in [1.807, 2.05) is 0 Å². The molecule has 3 aromatic rings. The standard InChI is InChI=1S/C25H27F2N5O4/c1-33-18-8-19(34-2)22(27)20(21(18)26)17-6-13-9-28-25(29-14-4-3-5-35-12-14)31-23(13)24(30-17)32-10-15-7-16(11-32)36-15/h6,8-9,14-16H,3-5,7,10-12H2,1-2H3,(H,28,29,31)/t14-,15?,16?/m0/s1. The summed E-state index contributed by atoms with van der Waals surface area (Å²) in [6, 6.07) is 2.89. The molecule has 4 saturated heterocycles. The van der Waals surface area contributed by atoms with Crippen molar-refractivity contribution in [1.82, 2.24) is 15.0 Å². The number of anilines is 2. The number of pyridine rings is 1. The second-order valence-corrected chi connectivity index (χ2v) is 9.33. The van der Waals surface area contributed by atoms with Gasteiger partial charge < -0.3 is 29.2 Å². The van der Waals surface area contributed by atoms with Gasteiger partial charge in [0.05, 0.1) is 50.3 Å². The molecule has 0 saturated carbocycles. The summed E-state index contributed by atoms with van der Waals surface area (Å²) < 4.78 is 52.3. The molecule has 0 spiro atoms. The fourth-order valence-corrected chi connectivity index (χ4v) is 5.12. The third kappa shape index (κ3) is 4.05. The number of fused-ring (bicyclic) bond motifs is 3. The summed E-state index contributed by atoms with van der Waals surface area (Å²) in [5.74, 6) is -0.974. The third-order valence-corrected chi connectivity index (χ3v) is 6.93. The Kier molecular flexibility index (Phi) is 5.96. The van der Waals surface area contributed by atoms with Crippen LogP contribution in [0.2, 0.25) is 0 Å². The molecular weight excluding hydrogens is 472 g/mol. The number of benzene rings is 1. The maximum absolute atomic E-state index is 15.4. The van der Waals surface area contributed by atoms with Gasteiger partial charge in [-0.1, -0.05) is 0 Å². The molecule has 7 rings (SSSR count). The van der Waals surface area contributed by atoms with Crippen molar-refractivity contribution in [1.29, 1.82) is 0 Å². The Morgan fingerprint density at radius 2 is 1.78 bits per heavy atom. The van der Waals surface area contributed by atoms with Gasteiger partial charge in [0.1, 0.15) is 5.52 Å². The highest BCUT2D eigenvalue weighted by Crippen LogP contribution is 2.40. The maximum Gasteiger partial charge on any atom is 0.223 e. The lowest BCUT2D eigenvalue weighted by Crippen LogP contribution is -2.57. The number of methoxy groups -OCH3 is 2. The summed E-state index contributed by atoms with van der Waals surface area (Å²) in [6.07, 6.45) is 4.79. The topological polar surface area (TPSA) is 90.9 Å². The Morgan fingerprint density at radius 3 is 2.42 bits per heavy atom. The lowest BCUT2D eigenvalue weighted by Gasteiger charge is -2.47. The van der Waals surface area contributed by atoms with Crippen molar-refractivity contribution in [2.75, 3.05) is 50.7 Å². The monoisotopic (exact) mass is 499 g/mol. The molecule has 2 unspecified atom stereocenters. The van der Waals surface area contributed by atoms with Crippen LogP contribution in [0.4, 0.5) is 20.5 Å². The Morgan fingerprint density at radius 1 is 1.06 bits per heavy atom. The highest BCUT2D eigenvalue weighted by atomic mass is 19.1. The minimum Gasteiger partial charge on any atom is -0.494 e. The highest BCUT2D eigenvalue weighted by molar-refractivity contribution is 5.92. The Bertz CT molecular complexity index is 1260. The van der Waals surface area contributed by atoms with Crippen LogP contribution in [0.25, 0.3) is 22.2 Å². The van der Waals surface area contributed by atoms with Crippen molar-refractivity contribution in [3.63, 3.8) is 0 Å². The molecular formula is C25H27F2N5O4. The molecule has 1 aromatic carbocycles. The molecule has 1 N–H and O–H groups in total. The second-order valence-electron chi connectivity index (χ2n) is 9.33. The van der Waals surface area contributed by atoms with Crippen molar-refractivity contribution in [2.45, 2.75) is 37.5 Å². The number of nitrogens with one attached hydrogen (secondary N) is 1. The second kappa shape index (κ2) is 9.29. The smallest absolute Gasteiger partial charge is 0.223 e. The predicted molar refractivity (Wildman–Crippen MR) is 129 cm³/mol. The van der Waals surface area contributed by atoms with Crippen LogP contribution in [0.5, 0.6) is 11.5 Å².